The van der Waals surface area contributed by atoms with Gasteiger partial charge in [-0.2, -0.15) is 0 Å². The third kappa shape index (κ3) is 5.22. The van der Waals surface area contributed by atoms with E-state index in [1.165, 1.54) is 118 Å². The maximum atomic E-state index is 6.26. The first-order chi connectivity index (χ1) is 32.2. The van der Waals surface area contributed by atoms with Gasteiger partial charge in [0, 0.05) is 73.6 Å². The Morgan fingerprint density at radius 3 is 1.43 bits per heavy atom. The number of benzene rings is 10. The number of furan rings is 1. The summed E-state index contributed by atoms with van der Waals surface area (Å²) in [5.41, 5.74) is 19.2. The van der Waals surface area contributed by atoms with Gasteiger partial charge in [0.25, 0.3) is 0 Å². The van der Waals surface area contributed by atoms with Crippen molar-refractivity contribution in [1.29, 1.82) is 0 Å². The number of fused-ring (bicyclic) bond motifs is 20. The number of para-hydroxylation sites is 1. The van der Waals surface area contributed by atoms with Gasteiger partial charge < -0.3 is 9.23 Å². The summed E-state index contributed by atoms with van der Waals surface area (Å²) in [6, 6.07) is 77.1. The van der Waals surface area contributed by atoms with E-state index in [-0.39, 0.29) is 6.85 Å². The van der Waals surface area contributed by atoms with Gasteiger partial charge in [-0.25, -0.2) is 0 Å². The smallest absolute Gasteiger partial charge is 0.329 e. The highest BCUT2D eigenvalue weighted by molar-refractivity contribution is 7.26. The van der Waals surface area contributed by atoms with E-state index in [0.29, 0.717) is 0 Å². The third-order valence-electron chi connectivity index (χ3n) is 14.1. The molecule has 5 heteroatoms. The van der Waals surface area contributed by atoms with E-state index in [4.69, 9.17) is 4.42 Å². The van der Waals surface area contributed by atoms with Crippen LogP contribution < -0.4 is 15.7 Å². The van der Waals surface area contributed by atoms with E-state index in [9.17, 15) is 0 Å². The second-order valence-corrected chi connectivity index (χ2v) is 19.7. The predicted octanol–water partition coefficient (Wildman–Crippen LogP) is 16.2. The number of anilines is 2. The quantitative estimate of drug-likeness (QED) is 0.165. The van der Waals surface area contributed by atoms with E-state index in [2.05, 4.69) is 205 Å². The molecule has 15 rings (SSSR count). The van der Waals surface area contributed by atoms with Crippen LogP contribution in [0.15, 0.2) is 211 Å². The van der Waals surface area contributed by atoms with Crippen molar-refractivity contribution in [3.63, 3.8) is 0 Å². The summed E-state index contributed by atoms with van der Waals surface area (Å²) in [5, 5.41) is 7.56. The average molecular weight is 860 g/mol. The van der Waals surface area contributed by atoms with Gasteiger partial charge in [0.2, 0.25) is 0 Å². The Labute approximate surface area is 383 Å². The molecule has 0 amide bonds. The Morgan fingerprint density at radius 1 is 0.308 bits per heavy atom. The van der Waals surface area contributed by atoms with Crippen molar-refractivity contribution in [2.75, 3.05) is 4.81 Å². The molecule has 0 atom stereocenters. The fourth-order valence-electron chi connectivity index (χ4n) is 11.0. The minimum Gasteiger partial charge on any atom is -0.456 e. The fourth-order valence-corrected chi connectivity index (χ4v) is 13.2. The monoisotopic (exact) mass is 859 g/mol. The number of hydrogen-bond donors (Lipinski definition) is 0. The molecule has 10 aromatic carbocycles. The maximum absolute atomic E-state index is 6.26. The van der Waals surface area contributed by atoms with Crippen LogP contribution >= 0.6 is 22.7 Å². The normalized spacial score (nSPS) is 12.9. The molecule has 0 radical (unpaired) electrons. The lowest BCUT2D eigenvalue weighted by atomic mass is 9.43. The van der Waals surface area contributed by atoms with Gasteiger partial charge in [-0.15, -0.1) is 22.7 Å². The maximum Gasteiger partial charge on any atom is 0.329 e. The topological polar surface area (TPSA) is 16.4 Å². The molecule has 0 bridgehead atoms. The van der Waals surface area contributed by atoms with Crippen LogP contribution in [-0.2, 0) is 0 Å². The van der Waals surface area contributed by atoms with E-state index in [1.54, 1.807) is 0 Å². The van der Waals surface area contributed by atoms with Crippen LogP contribution in [0.1, 0.15) is 0 Å². The van der Waals surface area contributed by atoms with Crippen LogP contribution in [0.3, 0.4) is 0 Å². The molecule has 0 spiro atoms. The summed E-state index contributed by atoms with van der Waals surface area (Å²) in [4.78, 5) is 2.62. The molecule has 0 unspecified atom stereocenters. The minimum absolute atomic E-state index is 0.00529. The molecule has 0 saturated carbocycles. The molecule has 0 aliphatic carbocycles. The lowest BCUT2D eigenvalue weighted by Crippen LogP contribution is -2.59. The fraction of sp³-hybridized carbons (Fsp3) is 0. The lowest BCUT2D eigenvalue weighted by molar-refractivity contribution is 0.669. The molecule has 2 nitrogen and oxygen atoms in total. The SMILES string of the molecule is c1ccc2c(c1)B1c3ccc(-c4ccc5oc6ccccc6c5c4)cc3-c3cc(-c4ccc5sc6ccccc6c5c4)ccc3N1c1ccc(-c3ccc4sc5ccccc5c4c3)cc1-2. The molecule has 0 N–H and O–H groups in total. The Balaban J connectivity index is 0.934. The van der Waals surface area contributed by atoms with Crippen molar-refractivity contribution in [3.8, 4) is 55.6 Å². The van der Waals surface area contributed by atoms with Crippen molar-refractivity contribution in [3.05, 3.63) is 206 Å². The standard InChI is InChI=1S/C60H34BNOS2/c1-5-13-51-41(9-1)46-30-36(39-21-27-59-49(33-39)43-11-3-7-15-57(43)64-59)18-24-53(46)62-54-25-19-37(40-22-28-60-50(34-40)44-12-4-8-16-58(44)65-60)31-47(54)45-29-35(17-23-52(45)61(51)62)38-20-26-56-48(32-38)42-10-2-6-14-55(42)63-56/h1-34H. The Hall–Kier alpha value is -7.70. The van der Waals surface area contributed by atoms with Gasteiger partial charge in [0.05, 0.1) is 0 Å². The summed E-state index contributed by atoms with van der Waals surface area (Å²) >= 11 is 3.74. The zero-order valence-corrected chi connectivity index (χ0v) is 36.5. The van der Waals surface area contributed by atoms with Crippen molar-refractivity contribution >= 4 is 114 Å². The second kappa shape index (κ2) is 13.4. The Kier molecular flexibility index (Phi) is 7.37. The highest BCUT2D eigenvalue weighted by Gasteiger charge is 2.42. The minimum atomic E-state index is -0.00529. The van der Waals surface area contributed by atoms with Gasteiger partial charge in [-0.3, -0.25) is 0 Å². The Morgan fingerprint density at radius 2 is 0.754 bits per heavy atom. The summed E-state index contributed by atoms with van der Waals surface area (Å²) < 4.78 is 11.6. The van der Waals surface area contributed by atoms with Crippen LogP contribution in [0, 0.1) is 0 Å². The molecular formula is C60H34BNOS2. The third-order valence-corrected chi connectivity index (χ3v) is 16.4. The molecule has 2 aliphatic rings. The highest BCUT2D eigenvalue weighted by atomic mass is 32.1. The largest absolute Gasteiger partial charge is 0.456 e. The highest BCUT2D eigenvalue weighted by Crippen LogP contribution is 2.49. The van der Waals surface area contributed by atoms with Gasteiger partial charge in [-0.05, 0) is 140 Å². The second-order valence-electron chi connectivity index (χ2n) is 17.6. The van der Waals surface area contributed by atoms with Crippen LogP contribution in [0.25, 0.3) is 118 Å². The molecule has 300 valence electrons. The van der Waals surface area contributed by atoms with E-state index in [0.717, 1.165) is 21.9 Å². The first-order valence-corrected chi connectivity index (χ1v) is 23.9. The van der Waals surface area contributed by atoms with Crippen LogP contribution in [-0.4, -0.2) is 6.85 Å². The summed E-state index contributed by atoms with van der Waals surface area (Å²) in [6.07, 6.45) is 0. The van der Waals surface area contributed by atoms with Crippen molar-refractivity contribution in [1.82, 2.24) is 0 Å². The van der Waals surface area contributed by atoms with Crippen LogP contribution in [0.4, 0.5) is 11.4 Å². The molecule has 2 aliphatic heterocycles. The molecular weight excluding hydrogens is 826 g/mol. The van der Waals surface area contributed by atoms with Gasteiger partial charge in [-0.1, -0.05) is 121 Å². The number of nitrogens with zero attached hydrogens (tertiary/aromatic N) is 1. The first kappa shape index (κ1) is 35.7. The van der Waals surface area contributed by atoms with E-state index >= 15 is 0 Å². The van der Waals surface area contributed by atoms with Gasteiger partial charge in [0.15, 0.2) is 0 Å². The van der Waals surface area contributed by atoms with Gasteiger partial charge >= 0.3 is 6.85 Å². The van der Waals surface area contributed by atoms with Crippen molar-refractivity contribution in [2.24, 2.45) is 0 Å². The lowest BCUT2D eigenvalue weighted by Gasteiger charge is -2.43. The molecule has 3 aromatic heterocycles. The van der Waals surface area contributed by atoms with Crippen molar-refractivity contribution < 1.29 is 4.42 Å². The number of hydrogen-bond acceptors (Lipinski definition) is 4. The van der Waals surface area contributed by atoms with Crippen molar-refractivity contribution in [2.45, 2.75) is 0 Å². The zero-order chi connectivity index (χ0) is 42.3. The zero-order valence-electron chi connectivity index (χ0n) is 34.9. The molecule has 13 aromatic rings. The van der Waals surface area contributed by atoms with E-state index < -0.39 is 0 Å². The van der Waals surface area contributed by atoms with Gasteiger partial charge in [0.1, 0.15) is 11.2 Å². The molecule has 5 heterocycles. The molecule has 0 fully saturated rings. The van der Waals surface area contributed by atoms with Crippen LogP contribution in [0.5, 0.6) is 0 Å². The predicted molar refractivity (Wildman–Crippen MR) is 280 cm³/mol. The molecule has 0 saturated heterocycles. The summed E-state index contributed by atoms with van der Waals surface area (Å²) in [6.45, 7) is -0.00529. The average Bonchev–Trinajstić information content (AvgIpc) is 4.06. The summed E-state index contributed by atoms with van der Waals surface area (Å²) in [7, 11) is 0. The Bertz CT molecular complexity index is 4170. The molecule has 65 heavy (non-hydrogen) atoms. The van der Waals surface area contributed by atoms with E-state index in [1.807, 2.05) is 28.7 Å². The van der Waals surface area contributed by atoms with Crippen LogP contribution in [0.2, 0.25) is 0 Å². The number of rotatable bonds is 3. The first-order valence-electron chi connectivity index (χ1n) is 22.2. The summed E-state index contributed by atoms with van der Waals surface area (Å²) in [5.74, 6) is 0. The number of thiophene rings is 2.